The van der Waals surface area contributed by atoms with E-state index in [-0.39, 0.29) is 34.2 Å². The lowest BCUT2D eigenvalue weighted by Gasteiger charge is -2.32. The van der Waals surface area contributed by atoms with Gasteiger partial charge in [0.15, 0.2) is 5.43 Å². The minimum absolute atomic E-state index is 0.00667. The molecule has 1 aliphatic rings. The number of likely N-dealkylation sites (tertiary alicyclic amines) is 1. The molecule has 2 aromatic carbocycles. The van der Waals surface area contributed by atoms with E-state index in [1.54, 1.807) is 4.90 Å². The van der Waals surface area contributed by atoms with Crippen molar-refractivity contribution in [2.45, 2.75) is 25.7 Å². The zero-order valence-corrected chi connectivity index (χ0v) is 16.1. The first kappa shape index (κ1) is 20.0. The Morgan fingerprint density at radius 3 is 2.47 bits per heavy atom. The quantitative estimate of drug-likeness (QED) is 0.638. The fourth-order valence-corrected chi connectivity index (χ4v) is 4.11. The molecule has 1 aliphatic heterocycles. The molecule has 1 amide bonds. The molecule has 8 heteroatoms. The number of hydrogen-bond donors (Lipinski definition) is 2. The van der Waals surface area contributed by atoms with Crippen molar-refractivity contribution in [2.75, 3.05) is 13.1 Å². The van der Waals surface area contributed by atoms with Gasteiger partial charge in [0.2, 0.25) is 0 Å². The monoisotopic (exact) mass is 414 g/mol. The zero-order chi connectivity index (χ0) is 21.4. The van der Waals surface area contributed by atoms with E-state index in [9.17, 15) is 23.2 Å². The molecule has 1 fully saturated rings. The van der Waals surface area contributed by atoms with E-state index in [0.717, 1.165) is 18.2 Å². The Kier molecular flexibility index (Phi) is 5.24. The van der Waals surface area contributed by atoms with Crippen LogP contribution in [-0.2, 0) is 4.79 Å². The molecule has 2 N–H and O–H groups in total. The van der Waals surface area contributed by atoms with Crippen molar-refractivity contribution < 1.29 is 23.5 Å². The number of nitrogens with one attached hydrogen (secondary N) is 1. The second kappa shape index (κ2) is 7.85. The molecule has 4 rings (SSSR count). The van der Waals surface area contributed by atoms with Crippen LogP contribution in [0.5, 0.6) is 0 Å². The molecular formula is C22H20F2N2O4. The van der Waals surface area contributed by atoms with Gasteiger partial charge < -0.3 is 15.0 Å². The summed E-state index contributed by atoms with van der Waals surface area (Å²) in [6.07, 6.45) is 2.01. The van der Waals surface area contributed by atoms with Gasteiger partial charge in [-0.25, -0.2) is 8.78 Å². The molecule has 0 saturated carbocycles. The van der Waals surface area contributed by atoms with Crippen LogP contribution < -0.4 is 5.43 Å². The van der Waals surface area contributed by atoms with E-state index in [1.807, 2.05) is 0 Å². The number of amides is 1. The molecule has 2 heterocycles. The highest BCUT2D eigenvalue weighted by Gasteiger charge is 2.26. The largest absolute Gasteiger partial charge is 0.481 e. The highest BCUT2D eigenvalue weighted by Crippen LogP contribution is 2.26. The van der Waals surface area contributed by atoms with E-state index in [0.29, 0.717) is 37.9 Å². The van der Waals surface area contributed by atoms with Crippen LogP contribution in [0.2, 0.25) is 0 Å². The van der Waals surface area contributed by atoms with Gasteiger partial charge in [-0.05, 0) is 55.5 Å². The maximum absolute atomic E-state index is 14.3. The second-order valence-corrected chi connectivity index (χ2v) is 7.69. The van der Waals surface area contributed by atoms with Gasteiger partial charge in [-0.3, -0.25) is 14.4 Å². The van der Waals surface area contributed by atoms with Gasteiger partial charge >= 0.3 is 5.97 Å². The number of halogens is 2. The average molecular weight is 414 g/mol. The Morgan fingerprint density at radius 1 is 1.07 bits per heavy atom. The van der Waals surface area contributed by atoms with E-state index < -0.39 is 28.9 Å². The minimum Gasteiger partial charge on any atom is -0.481 e. The molecule has 0 aliphatic carbocycles. The first-order valence-corrected chi connectivity index (χ1v) is 9.79. The molecule has 6 nitrogen and oxygen atoms in total. The molecule has 3 aromatic rings. The van der Waals surface area contributed by atoms with Crippen molar-refractivity contribution in [3.63, 3.8) is 0 Å². The predicted octanol–water partition coefficient (Wildman–Crippen LogP) is 3.68. The van der Waals surface area contributed by atoms with Crippen molar-refractivity contribution in [3.8, 4) is 0 Å². The number of aromatic nitrogens is 1. The van der Waals surface area contributed by atoms with E-state index in [4.69, 9.17) is 5.11 Å². The van der Waals surface area contributed by atoms with Crippen LogP contribution in [0.1, 0.15) is 36.0 Å². The third-order valence-electron chi connectivity index (χ3n) is 5.73. The summed E-state index contributed by atoms with van der Waals surface area (Å²) in [5.74, 6) is -2.30. The molecule has 1 saturated heterocycles. The number of nitrogens with zero attached hydrogens (tertiary/aromatic N) is 1. The number of hydrogen-bond acceptors (Lipinski definition) is 3. The molecule has 30 heavy (non-hydrogen) atoms. The van der Waals surface area contributed by atoms with Crippen LogP contribution in [-0.4, -0.2) is 40.0 Å². The lowest BCUT2D eigenvalue weighted by molar-refractivity contribution is -0.137. The summed E-state index contributed by atoms with van der Waals surface area (Å²) in [6, 6.07) is 5.86. The van der Waals surface area contributed by atoms with Crippen LogP contribution in [0.3, 0.4) is 0 Å². The SMILES string of the molecule is O=C(O)CCC1CCN(C(=O)c2cc(F)cc3c(=O)c4cc(F)ccc4[nH]c23)CC1. The number of fused-ring (bicyclic) bond motifs is 2. The summed E-state index contributed by atoms with van der Waals surface area (Å²) in [5, 5.41) is 8.90. The summed E-state index contributed by atoms with van der Waals surface area (Å²) in [4.78, 5) is 41.2. The Labute approximate surface area is 170 Å². The lowest BCUT2D eigenvalue weighted by atomic mass is 9.92. The topological polar surface area (TPSA) is 90.5 Å². The van der Waals surface area contributed by atoms with Crippen molar-refractivity contribution in [2.24, 2.45) is 5.92 Å². The van der Waals surface area contributed by atoms with Crippen molar-refractivity contribution >= 4 is 33.7 Å². The van der Waals surface area contributed by atoms with Crippen LogP contribution in [0, 0.1) is 17.6 Å². The van der Waals surface area contributed by atoms with Crippen LogP contribution in [0.4, 0.5) is 8.78 Å². The zero-order valence-electron chi connectivity index (χ0n) is 16.1. The highest BCUT2D eigenvalue weighted by atomic mass is 19.1. The summed E-state index contributed by atoms with van der Waals surface area (Å²) in [5.41, 5.74) is 0.0944. The third kappa shape index (κ3) is 3.77. The summed E-state index contributed by atoms with van der Waals surface area (Å²) >= 11 is 0. The lowest BCUT2D eigenvalue weighted by Crippen LogP contribution is -2.38. The highest BCUT2D eigenvalue weighted by molar-refractivity contribution is 6.07. The summed E-state index contributed by atoms with van der Waals surface area (Å²) in [7, 11) is 0. The fourth-order valence-electron chi connectivity index (χ4n) is 4.11. The van der Waals surface area contributed by atoms with Gasteiger partial charge in [0, 0.05) is 35.8 Å². The normalized spacial score (nSPS) is 15.1. The Balaban J connectivity index is 1.68. The molecule has 156 valence electrons. The number of H-pyrrole nitrogens is 1. The van der Waals surface area contributed by atoms with E-state index >= 15 is 0 Å². The third-order valence-corrected chi connectivity index (χ3v) is 5.73. The number of aliphatic carboxylic acids is 1. The Hall–Kier alpha value is -3.29. The van der Waals surface area contributed by atoms with Crippen molar-refractivity contribution in [1.82, 2.24) is 9.88 Å². The number of benzene rings is 2. The van der Waals surface area contributed by atoms with Crippen LogP contribution >= 0.6 is 0 Å². The smallest absolute Gasteiger partial charge is 0.303 e. The van der Waals surface area contributed by atoms with Crippen LogP contribution in [0.15, 0.2) is 35.1 Å². The second-order valence-electron chi connectivity index (χ2n) is 7.69. The molecule has 0 atom stereocenters. The maximum Gasteiger partial charge on any atom is 0.303 e. The fraction of sp³-hybridized carbons (Fsp3) is 0.318. The van der Waals surface area contributed by atoms with Gasteiger partial charge in [0.25, 0.3) is 5.91 Å². The molecule has 0 radical (unpaired) electrons. The van der Waals surface area contributed by atoms with Gasteiger partial charge in [-0.2, -0.15) is 0 Å². The number of rotatable bonds is 4. The van der Waals surface area contributed by atoms with Crippen molar-refractivity contribution in [3.05, 3.63) is 57.8 Å². The van der Waals surface area contributed by atoms with E-state index in [1.165, 1.54) is 12.1 Å². The average Bonchev–Trinajstić information content (AvgIpc) is 2.73. The van der Waals surface area contributed by atoms with Gasteiger partial charge in [-0.15, -0.1) is 0 Å². The molecule has 1 aromatic heterocycles. The van der Waals surface area contributed by atoms with Gasteiger partial charge in [0.05, 0.1) is 11.1 Å². The summed E-state index contributed by atoms with van der Waals surface area (Å²) < 4.78 is 27.8. The number of pyridine rings is 1. The molecule has 0 spiro atoms. The Morgan fingerprint density at radius 2 is 1.77 bits per heavy atom. The number of aromatic amines is 1. The predicted molar refractivity (Wildman–Crippen MR) is 107 cm³/mol. The Bertz CT molecular complexity index is 1210. The van der Waals surface area contributed by atoms with E-state index in [2.05, 4.69) is 4.98 Å². The number of piperidine rings is 1. The summed E-state index contributed by atoms with van der Waals surface area (Å²) in [6.45, 7) is 0.869. The first-order valence-electron chi connectivity index (χ1n) is 9.79. The number of carbonyl (C=O) groups excluding carboxylic acids is 1. The van der Waals surface area contributed by atoms with Gasteiger partial charge in [-0.1, -0.05) is 0 Å². The first-order chi connectivity index (χ1) is 14.3. The van der Waals surface area contributed by atoms with Gasteiger partial charge in [0.1, 0.15) is 11.6 Å². The number of carboxylic acids is 1. The maximum atomic E-state index is 14.3. The standard InChI is InChI=1S/C22H20F2N2O4/c23-13-2-3-18-15(9-13)21(29)16-10-14(24)11-17(20(16)25-18)22(30)26-7-5-12(6-8-26)1-4-19(27)28/h2-3,9-12H,1,4-8H2,(H,25,29)(H,27,28). The van der Waals surface area contributed by atoms with Crippen LogP contribution in [0.25, 0.3) is 21.8 Å². The molecular weight excluding hydrogens is 394 g/mol. The number of carbonyl (C=O) groups is 2. The van der Waals surface area contributed by atoms with Crippen molar-refractivity contribution in [1.29, 1.82) is 0 Å². The minimum atomic E-state index is -0.837. The molecule has 0 bridgehead atoms. The molecule has 0 unspecified atom stereocenters. The number of carboxylic acid groups (broad SMARTS) is 1.